The topological polar surface area (TPSA) is 12.9 Å². The molecule has 1 nitrogen and oxygen atoms in total. The standard InChI is InChI=1S/C17H14N.2ClH.Cr/c1-2-6-15(7-3-1)16-10-9-14(12-16)13-17-8-4-5-11-18-17;;;/h1-8,10-11H,9,13H2;2*1H;/q;;;+2/p-2. The van der Waals surface area contributed by atoms with Crippen LogP contribution in [0.5, 0.6) is 0 Å². The molecule has 0 saturated heterocycles. The molecular formula is C17H14Cl2CrN. The minimum absolute atomic E-state index is 0. The third-order valence-corrected chi connectivity index (χ3v) is 4.12. The molecule has 21 heavy (non-hydrogen) atoms. The Balaban J connectivity index is 0.00000110. The quantitative estimate of drug-likeness (QED) is 0.616. The molecule has 107 valence electrons. The van der Waals surface area contributed by atoms with E-state index in [1.54, 1.807) is 0 Å². The zero-order valence-corrected chi connectivity index (χ0v) is 14.1. The second kappa shape index (κ2) is 8.42. The van der Waals surface area contributed by atoms with Crippen LogP contribution in [0.15, 0.2) is 70.8 Å². The van der Waals surface area contributed by atoms with Crippen molar-refractivity contribution in [2.45, 2.75) is 12.8 Å². The van der Waals surface area contributed by atoms with Crippen molar-refractivity contribution >= 4 is 5.57 Å². The fraction of sp³-hybridized carbons (Fsp3) is 0.118. The van der Waals surface area contributed by atoms with Crippen LogP contribution in [0.2, 0.25) is 0 Å². The van der Waals surface area contributed by atoms with Crippen LogP contribution in [0.4, 0.5) is 0 Å². The molecule has 0 N–H and O–H groups in total. The summed E-state index contributed by atoms with van der Waals surface area (Å²) in [6, 6.07) is 16.6. The zero-order chi connectivity index (χ0) is 13.1. The van der Waals surface area contributed by atoms with E-state index in [-0.39, 0.29) is 24.8 Å². The van der Waals surface area contributed by atoms with Gasteiger partial charge in [0, 0.05) is 0 Å². The van der Waals surface area contributed by atoms with Crippen molar-refractivity contribution < 1.29 is 41.1 Å². The molecule has 0 aliphatic heterocycles. The average Bonchev–Trinajstić information content (AvgIpc) is 2.82. The normalized spacial score (nSPS) is 13.2. The molecule has 0 atom stereocenters. The Bertz CT molecular complexity index is 636. The summed E-state index contributed by atoms with van der Waals surface area (Å²) in [4.78, 5) is 4.40. The monoisotopic (exact) mass is 354 g/mol. The van der Waals surface area contributed by atoms with Crippen LogP contribution in [0.25, 0.3) is 5.57 Å². The van der Waals surface area contributed by atoms with Crippen molar-refractivity contribution in [1.29, 1.82) is 0 Å². The zero-order valence-electron chi connectivity index (χ0n) is 11.3. The van der Waals surface area contributed by atoms with Crippen LogP contribution in [0.3, 0.4) is 0 Å². The van der Waals surface area contributed by atoms with E-state index in [0.29, 0.717) is 0 Å². The van der Waals surface area contributed by atoms with Gasteiger partial charge in [0.1, 0.15) is 0 Å². The van der Waals surface area contributed by atoms with E-state index in [1.165, 1.54) is 21.1 Å². The summed E-state index contributed by atoms with van der Waals surface area (Å²) in [6.07, 6.45) is 6.11. The summed E-state index contributed by atoms with van der Waals surface area (Å²) in [5.41, 5.74) is 5.17. The first-order valence-electron chi connectivity index (χ1n) is 6.39. The van der Waals surface area contributed by atoms with Crippen LogP contribution in [0.1, 0.15) is 17.7 Å². The summed E-state index contributed by atoms with van der Waals surface area (Å²) in [5.74, 6) is 0. The molecule has 1 aliphatic carbocycles. The van der Waals surface area contributed by atoms with Crippen molar-refractivity contribution in [3.63, 3.8) is 0 Å². The Labute approximate surface area is 146 Å². The van der Waals surface area contributed by atoms with Gasteiger partial charge in [0.15, 0.2) is 0 Å². The molecule has 1 aromatic carbocycles. The Kier molecular flexibility index (Phi) is 7.22. The molecule has 0 spiro atoms. The summed E-state index contributed by atoms with van der Waals surface area (Å²) < 4.78 is 1.29. The van der Waals surface area contributed by atoms with E-state index >= 15 is 0 Å². The molecule has 1 heterocycles. The molecule has 1 aromatic heterocycles. The van der Waals surface area contributed by atoms with E-state index in [0.717, 1.165) is 18.5 Å². The molecule has 0 saturated carbocycles. The molecule has 0 unspecified atom stereocenters. The van der Waals surface area contributed by atoms with Gasteiger partial charge in [-0.05, 0) is 0 Å². The SMILES string of the molecule is [Cl-].[Cl-].[Cr+2][C]1=C(Cc2ccccn2)CC=C1c1ccccc1. The second-order valence-electron chi connectivity index (χ2n) is 4.62. The van der Waals surface area contributed by atoms with Crippen molar-refractivity contribution in [1.82, 2.24) is 4.98 Å². The molecule has 4 heteroatoms. The first-order chi connectivity index (χ1) is 9.34. The summed E-state index contributed by atoms with van der Waals surface area (Å²) in [7, 11) is 0. The maximum atomic E-state index is 4.40. The second-order valence-corrected chi connectivity index (χ2v) is 5.26. The number of aromatic nitrogens is 1. The van der Waals surface area contributed by atoms with Crippen molar-refractivity contribution in [3.8, 4) is 0 Å². The van der Waals surface area contributed by atoms with Crippen LogP contribution in [-0.2, 0) is 22.7 Å². The van der Waals surface area contributed by atoms with Gasteiger partial charge in [0.25, 0.3) is 0 Å². The number of nitrogens with zero attached hydrogens (tertiary/aromatic N) is 1. The number of pyridine rings is 1. The summed E-state index contributed by atoms with van der Waals surface area (Å²) >= 11 is 3.24. The molecule has 0 radical (unpaired) electrons. The van der Waals surface area contributed by atoms with Gasteiger partial charge in [-0.25, -0.2) is 0 Å². The van der Waals surface area contributed by atoms with Gasteiger partial charge in [-0.3, -0.25) is 0 Å². The molecular weight excluding hydrogens is 341 g/mol. The molecule has 1 aliphatic rings. The average molecular weight is 355 g/mol. The van der Waals surface area contributed by atoms with Crippen LogP contribution >= 0.6 is 0 Å². The van der Waals surface area contributed by atoms with E-state index in [4.69, 9.17) is 0 Å². The number of halogens is 2. The Morgan fingerprint density at radius 1 is 0.952 bits per heavy atom. The van der Waals surface area contributed by atoms with Gasteiger partial charge in [0.2, 0.25) is 0 Å². The molecule has 0 bridgehead atoms. The number of rotatable bonds is 3. The predicted octanol–water partition coefficient (Wildman–Crippen LogP) is -2.08. The van der Waals surface area contributed by atoms with E-state index in [9.17, 15) is 0 Å². The van der Waals surface area contributed by atoms with Crippen LogP contribution in [-0.4, -0.2) is 4.98 Å². The third kappa shape index (κ3) is 4.22. The van der Waals surface area contributed by atoms with Gasteiger partial charge < -0.3 is 24.8 Å². The van der Waals surface area contributed by atoms with Gasteiger partial charge >= 0.3 is 122 Å². The van der Waals surface area contributed by atoms with Gasteiger partial charge in [-0.2, -0.15) is 0 Å². The van der Waals surface area contributed by atoms with Gasteiger partial charge in [0.05, 0.1) is 0 Å². The Hall–Kier alpha value is -1.04. The van der Waals surface area contributed by atoms with Crippen LogP contribution < -0.4 is 24.8 Å². The molecule has 3 rings (SSSR count). The first-order valence-corrected chi connectivity index (χ1v) is 7.03. The van der Waals surface area contributed by atoms with Crippen molar-refractivity contribution in [3.05, 3.63) is 82.1 Å². The minimum atomic E-state index is 0. The third-order valence-electron chi connectivity index (χ3n) is 3.32. The van der Waals surface area contributed by atoms with Crippen molar-refractivity contribution in [2.24, 2.45) is 0 Å². The number of benzene rings is 1. The van der Waals surface area contributed by atoms with E-state index in [1.807, 2.05) is 18.3 Å². The number of allylic oxidation sites excluding steroid dienone is 4. The fourth-order valence-electron chi connectivity index (χ4n) is 2.34. The van der Waals surface area contributed by atoms with E-state index in [2.05, 4.69) is 63.7 Å². The predicted molar refractivity (Wildman–Crippen MR) is 74.0 cm³/mol. The molecule has 0 amide bonds. The maximum absolute atomic E-state index is 4.40. The Morgan fingerprint density at radius 3 is 2.33 bits per heavy atom. The van der Waals surface area contributed by atoms with Gasteiger partial charge in [-0.1, -0.05) is 0 Å². The van der Waals surface area contributed by atoms with Crippen LogP contribution in [0, 0.1) is 0 Å². The first kappa shape index (κ1) is 18.0. The van der Waals surface area contributed by atoms with Gasteiger partial charge in [-0.15, -0.1) is 0 Å². The fourth-order valence-corrected chi connectivity index (χ4v) is 2.90. The van der Waals surface area contributed by atoms with E-state index < -0.39 is 0 Å². The summed E-state index contributed by atoms with van der Waals surface area (Å²) in [5, 5.41) is 0. The molecule has 2 aromatic rings. The summed E-state index contributed by atoms with van der Waals surface area (Å²) in [6.45, 7) is 0. The Morgan fingerprint density at radius 2 is 1.67 bits per heavy atom. The number of hydrogen-bond donors (Lipinski definition) is 0. The van der Waals surface area contributed by atoms with Crippen molar-refractivity contribution in [2.75, 3.05) is 0 Å². The molecule has 0 fully saturated rings. The number of hydrogen-bond acceptors (Lipinski definition) is 1.